The van der Waals surface area contributed by atoms with Gasteiger partial charge in [0.15, 0.2) is 0 Å². The van der Waals surface area contributed by atoms with E-state index in [4.69, 9.17) is 10.8 Å². The minimum atomic E-state index is 0.203. The molecule has 0 aliphatic heterocycles. The molecule has 0 radical (unpaired) electrons. The molecule has 1 aliphatic carbocycles. The highest BCUT2D eigenvalue weighted by molar-refractivity contribution is 5.04. The van der Waals surface area contributed by atoms with Gasteiger partial charge in [0.25, 0.3) is 0 Å². The maximum Gasteiger partial charge on any atom is 0.0630 e. The minimum absolute atomic E-state index is 0.203. The van der Waals surface area contributed by atoms with Crippen molar-refractivity contribution in [1.82, 2.24) is 9.78 Å². The van der Waals surface area contributed by atoms with E-state index in [0.29, 0.717) is 6.04 Å². The van der Waals surface area contributed by atoms with E-state index in [0.717, 1.165) is 19.4 Å². The first-order valence-electron chi connectivity index (χ1n) is 6.91. The second-order valence-corrected chi connectivity index (χ2v) is 5.77. The largest absolute Gasteiger partial charge is 0.330 e. The first-order chi connectivity index (χ1) is 8.17. The van der Waals surface area contributed by atoms with Crippen LogP contribution in [-0.4, -0.2) is 16.3 Å². The van der Waals surface area contributed by atoms with Gasteiger partial charge >= 0.3 is 0 Å². The van der Waals surface area contributed by atoms with E-state index in [1.807, 2.05) is 0 Å². The fraction of sp³-hybridized carbons (Fsp3) is 0.786. The number of rotatable bonds is 5. The number of aromatic nitrogens is 2. The lowest BCUT2D eigenvalue weighted by Crippen LogP contribution is -2.29. The Labute approximate surface area is 104 Å². The summed E-state index contributed by atoms with van der Waals surface area (Å²) in [6, 6.07) is 2.82. The highest BCUT2D eigenvalue weighted by atomic mass is 15.3. The lowest BCUT2D eigenvalue weighted by molar-refractivity contribution is 0.314. The second kappa shape index (κ2) is 5.21. The molecule has 0 bridgehead atoms. The molecular weight excluding hydrogens is 210 g/mol. The molecule has 2 N–H and O–H groups in total. The molecule has 3 heteroatoms. The number of hydrogen-bond donors (Lipinski definition) is 1. The first-order valence-corrected chi connectivity index (χ1v) is 6.91. The molecule has 1 atom stereocenters. The van der Waals surface area contributed by atoms with E-state index >= 15 is 0 Å². The van der Waals surface area contributed by atoms with Crippen LogP contribution >= 0.6 is 0 Å². The molecule has 3 nitrogen and oxygen atoms in total. The van der Waals surface area contributed by atoms with Gasteiger partial charge in [0.2, 0.25) is 0 Å². The summed E-state index contributed by atoms with van der Waals surface area (Å²) < 4.78 is 2.18. The summed E-state index contributed by atoms with van der Waals surface area (Å²) in [4.78, 5) is 0. The highest BCUT2D eigenvalue weighted by Gasteiger charge is 2.23. The molecule has 1 saturated carbocycles. The SMILES string of the molecule is CCC(C)(CN)Cc1ccn(C2CCCC2)n1. The molecule has 17 heavy (non-hydrogen) atoms. The van der Waals surface area contributed by atoms with Crippen molar-refractivity contribution >= 4 is 0 Å². The monoisotopic (exact) mass is 235 g/mol. The van der Waals surface area contributed by atoms with Gasteiger partial charge in [-0.1, -0.05) is 26.7 Å². The Morgan fingerprint density at radius 3 is 2.76 bits per heavy atom. The van der Waals surface area contributed by atoms with Gasteiger partial charge in [0.1, 0.15) is 0 Å². The average molecular weight is 235 g/mol. The van der Waals surface area contributed by atoms with Crippen LogP contribution in [0.3, 0.4) is 0 Å². The molecule has 1 unspecified atom stereocenters. The van der Waals surface area contributed by atoms with Crippen molar-refractivity contribution in [2.75, 3.05) is 6.54 Å². The first kappa shape index (κ1) is 12.6. The molecule has 0 aromatic carbocycles. The molecule has 1 aromatic heterocycles. The molecule has 1 heterocycles. The van der Waals surface area contributed by atoms with Gasteiger partial charge in [0.05, 0.1) is 11.7 Å². The summed E-state index contributed by atoms with van der Waals surface area (Å²) >= 11 is 0. The van der Waals surface area contributed by atoms with Gasteiger partial charge < -0.3 is 5.73 Å². The fourth-order valence-electron chi connectivity index (χ4n) is 2.62. The maximum atomic E-state index is 5.86. The lowest BCUT2D eigenvalue weighted by atomic mass is 9.83. The van der Waals surface area contributed by atoms with E-state index in [1.54, 1.807) is 0 Å². The van der Waals surface area contributed by atoms with Crippen molar-refractivity contribution in [1.29, 1.82) is 0 Å². The Balaban J connectivity index is 2.02. The average Bonchev–Trinajstić information content (AvgIpc) is 2.98. The summed E-state index contributed by atoms with van der Waals surface area (Å²) in [6.45, 7) is 5.20. The van der Waals surface area contributed by atoms with Crippen LogP contribution in [0, 0.1) is 5.41 Å². The molecule has 0 saturated heterocycles. The smallest absolute Gasteiger partial charge is 0.0630 e. The minimum Gasteiger partial charge on any atom is -0.330 e. The highest BCUT2D eigenvalue weighted by Crippen LogP contribution is 2.30. The molecule has 96 valence electrons. The summed E-state index contributed by atoms with van der Waals surface area (Å²) in [5.41, 5.74) is 7.26. The van der Waals surface area contributed by atoms with Crippen molar-refractivity contribution in [3.8, 4) is 0 Å². The molecule has 1 aliphatic rings. The number of hydrogen-bond acceptors (Lipinski definition) is 2. The summed E-state index contributed by atoms with van der Waals surface area (Å²) in [5, 5.41) is 4.73. The van der Waals surface area contributed by atoms with Crippen LogP contribution in [0.25, 0.3) is 0 Å². The van der Waals surface area contributed by atoms with Crippen molar-refractivity contribution in [2.45, 2.75) is 58.4 Å². The van der Waals surface area contributed by atoms with E-state index in [-0.39, 0.29) is 5.41 Å². The zero-order valence-electron chi connectivity index (χ0n) is 11.2. The number of nitrogens with zero attached hydrogens (tertiary/aromatic N) is 2. The zero-order valence-corrected chi connectivity index (χ0v) is 11.2. The predicted molar refractivity (Wildman–Crippen MR) is 70.9 cm³/mol. The molecule has 2 rings (SSSR count). The van der Waals surface area contributed by atoms with Gasteiger partial charge in [-0.3, -0.25) is 4.68 Å². The second-order valence-electron chi connectivity index (χ2n) is 5.77. The van der Waals surface area contributed by atoms with Gasteiger partial charge in [-0.2, -0.15) is 5.10 Å². The van der Waals surface area contributed by atoms with Crippen LogP contribution in [-0.2, 0) is 6.42 Å². The third-order valence-electron chi connectivity index (χ3n) is 4.32. The van der Waals surface area contributed by atoms with Crippen LogP contribution < -0.4 is 5.73 Å². The molecule has 1 fully saturated rings. The molecular formula is C14H25N3. The Hall–Kier alpha value is -0.830. The summed E-state index contributed by atoms with van der Waals surface area (Å²) in [6.07, 6.45) is 9.56. The third kappa shape index (κ3) is 2.89. The van der Waals surface area contributed by atoms with Crippen LogP contribution in [0.2, 0.25) is 0 Å². The predicted octanol–water partition coefficient (Wildman–Crippen LogP) is 2.92. The summed E-state index contributed by atoms with van der Waals surface area (Å²) in [5.74, 6) is 0. The fourth-order valence-corrected chi connectivity index (χ4v) is 2.62. The van der Waals surface area contributed by atoms with Crippen molar-refractivity contribution in [3.05, 3.63) is 18.0 Å². The molecule has 1 aromatic rings. The van der Waals surface area contributed by atoms with Crippen LogP contribution in [0.1, 0.15) is 57.7 Å². The lowest BCUT2D eigenvalue weighted by Gasteiger charge is -2.25. The molecule has 0 spiro atoms. The van der Waals surface area contributed by atoms with E-state index in [1.165, 1.54) is 31.4 Å². The maximum absolute atomic E-state index is 5.86. The Morgan fingerprint density at radius 1 is 1.47 bits per heavy atom. The van der Waals surface area contributed by atoms with Crippen LogP contribution in [0.15, 0.2) is 12.3 Å². The van der Waals surface area contributed by atoms with Gasteiger partial charge in [-0.15, -0.1) is 0 Å². The van der Waals surface area contributed by atoms with Crippen molar-refractivity contribution in [3.63, 3.8) is 0 Å². The Kier molecular flexibility index (Phi) is 3.87. The van der Waals surface area contributed by atoms with Crippen molar-refractivity contribution < 1.29 is 0 Å². The summed E-state index contributed by atoms with van der Waals surface area (Å²) in [7, 11) is 0. The van der Waals surface area contributed by atoms with E-state index in [2.05, 4.69) is 30.8 Å². The quantitative estimate of drug-likeness (QED) is 0.852. The Morgan fingerprint density at radius 2 is 2.18 bits per heavy atom. The molecule has 0 amide bonds. The van der Waals surface area contributed by atoms with E-state index < -0.39 is 0 Å². The Bertz CT molecular complexity index is 346. The normalized spacial score (nSPS) is 20.6. The topological polar surface area (TPSA) is 43.8 Å². The van der Waals surface area contributed by atoms with Crippen LogP contribution in [0.4, 0.5) is 0 Å². The van der Waals surface area contributed by atoms with E-state index in [9.17, 15) is 0 Å². The standard InChI is InChI=1S/C14H25N3/c1-3-14(2,11-15)10-12-8-9-17(16-12)13-6-4-5-7-13/h8-9,13H,3-7,10-11,15H2,1-2H3. The van der Waals surface area contributed by atoms with Gasteiger partial charge in [-0.25, -0.2) is 0 Å². The van der Waals surface area contributed by atoms with Gasteiger partial charge in [-0.05, 0) is 43.7 Å². The zero-order chi connectivity index (χ0) is 12.3. The third-order valence-corrected chi connectivity index (χ3v) is 4.32. The van der Waals surface area contributed by atoms with Crippen LogP contribution in [0.5, 0.6) is 0 Å². The van der Waals surface area contributed by atoms with Crippen molar-refractivity contribution in [2.24, 2.45) is 11.1 Å². The van der Waals surface area contributed by atoms with Gasteiger partial charge in [0, 0.05) is 6.20 Å². The number of nitrogens with two attached hydrogens (primary N) is 1.